The molecule has 0 aliphatic rings. The summed E-state index contributed by atoms with van der Waals surface area (Å²) in [6.45, 7) is 0. The van der Waals surface area contributed by atoms with Crippen LogP contribution in [-0.2, 0) is 14.6 Å². The molecule has 2 aromatic rings. The van der Waals surface area contributed by atoms with E-state index in [1.54, 1.807) is 18.2 Å². The van der Waals surface area contributed by atoms with Gasteiger partial charge in [-0.2, -0.15) is 8.78 Å². The third-order valence-electron chi connectivity index (χ3n) is 3.49. The third-order valence-corrected chi connectivity index (χ3v) is 4.88. The molecule has 0 heterocycles. The SMILES string of the molecule is COc1cc(/C=C/C(=O)Nc2ccc(S(=O)(=O)C(F)F)cc2)cc(OC)c1. The van der Waals surface area contributed by atoms with Crippen molar-refractivity contribution in [3.05, 3.63) is 54.1 Å². The lowest BCUT2D eigenvalue weighted by molar-refractivity contribution is -0.111. The van der Waals surface area contributed by atoms with Gasteiger partial charge < -0.3 is 14.8 Å². The lowest BCUT2D eigenvalue weighted by Gasteiger charge is -2.06. The second-order valence-corrected chi connectivity index (χ2v) is 7.22. The first-order chi connectivity index (χ1) is 12.8. The summed E-state index contributed by atoms with van der Waals surface area (Å²) in [5, 5.41) is 2.51. The summed E-state index contributed by atoms with van der Waals surface area (Å²) < 4.78 is 58.0. The summed E-state index contributed by atoms with van der Waals surface area (Å²) in [5.74, 6) is -2.86. The number of anilines is 1. The molecule has 0 radical (unpaired) electrons. The number of carbonyl (C=O) groups is 1. The van der Waals surface area contributed by atoms with E-state index < -0.39 is 26.4 Å². The number of hydrogen-bond donors (Lipinski definition) is 1. The van der Waals surface area contributed by atoms with Crippen molar-refractivity contribution in [1.82, 2.24) is 0 Å². The van der Waals surface area contributed by atoms with Crippen molar-refractivity contribution in [2.24, 2.45) is 0 Å². The molecule has 0 atom stereocenters. The van der Waals surface area contributed by atoms with Crippen LogP contribution in [0.4, 0.5) is 14.5 Å². The molecule has 0 saturated carbocycles. The first-order valence-electron chi connectivity index (χ1n) is 7.60. The van der Waals surface area contributed by atoms with Crippen LogP contribution in [0.15, 0.2) is 53.4 Å². The molecular weight excluding hydrogens is 380 g/mol. The average Bonchev–Trinajstić information content (AvgIpc) is 2.66. The molecule has 27 heavy (non-hydrogen) atoms. The van der Waals surface area contributed by atoms with E-state index in [-0.39, 0.29) is 5.69 Å². The molecule has 0 saturated heterocycles. The number of methoxy groups -OCH3 is 2. The zero-order chi connectivity index (χ0) is 20.0. The molecule has 0 aliphatic carbocycles. The highest BCUT2D eigenvalue weighted by atomic mass is 32.2. The molecule has 0 aliphatic heterocycles. The molecule has 144 valence electrons. The molecule has 1 amide bonds. The first kappa shape index (κ1) is 20.4. The van der Waals surface area contributed by atoms with Crippen molar-refractivity contribution in [1.29, 1.82) is 0 Å². The molecule has 0 aromatic heterocycles. The Labute approximate surface area is 155 Å². The maximum Gasteiger partial charge on any atom is 0.341 e. The summed E-state index contributed by atoms with van der Waals surface area (Å²) in [5.41, 5.74) is 0.931. The summed E-state index contributed by atoms with van der Waals surface area (Å²) in [6.07, 6.45) is 2.80. The van der Waals surface area contributed by atoms with Crippen LogP contribution in [0.2, 0.25) is 0 Å². The molecular formula is C18H17F2NO5S. The summed E-state index contributed by atoms with van der Waals surface area (Å²) in [7, 11) is -1.65. The van der Waals surface area contributed by atoms with E-state index in [4.69, 9.17) is 9.47 Å². The molecule has 0 spiro atoms. The minimum Gasteiger partial charge on any atom is -0.497 e. The van der Waals surface area contributed by atoms with Crippen LogP contribution in [0.3, 0.4) is 0 Å². The van der Waals surface area contributed by atoms with Crippen molar-refractivity contribution in [3.63, 3.8) is 0 Å². The Morgan fingerprint density at radius 3 is 2.07 bits per heavy atom. The number of benzene rings is 2. The fourth-order valence-electron chi connectivity index (χ4n) is 2.11. The van der Waals surface area contributed by atoms with Gasteiger partial charge in [-0.05, 0) is 48.0 Å². The van der Waals surface area contributed by atoms with Gasteiger partial charge in [-0.25, -0.2) is 8.42 Å². The van der Waals surface area contributed by atoms with Crippen LogP contribution >= 0.6 is 0 Å². The lowest BCUT2D eigenvalue weighted by Crippen LogP contribution is -2.12. The van der Waals surface area contributed by atoms with Crippen molar-refractivity contribution in [2.45, 2.75) is 10.7 Å². The second kappa shape index (κ2) is 8.63. The fraction of sp³-hybridized carbons (Fsp3) is 0.167. The molecule has 0 bridgehead atoms. The van der Waals surface area contributed by atoms with Gasteiger partial charge in [-0.1, -0.05) is 0 Å². The minimum absolute atomic E-state index is 0.265. The van der Waals surface area contributed by atoms with E-state index in [0.717, 1.165) is 12.1 Å². The van der Waals surface area contributed by atoms with Gasteiger partial charge in [0, 0.05) is 17.8 Å². The monoisotopic (exact) mass is 397 g/mol. The third kappa shape index (κ3) is 5.27. The highest BCUT2D eigenvalue weighted by molar-refractivity contribution is 7.91. The van der Waals surface area contributed by atoms with Crippen LogP contribution < -0.4 is 14.8 Å². The Morgan fingerprint density at radius 2 is 1.59 bits per heavy atom. The van der Waals surface area contributed by atoms with Gasteiger partial charge in [0.25, 0.3) is 0 Å². The van der Waals surface area contributed by atoms with E-state index >= 15 is 0 Å². The highest BCUT2D eigenvalue weighted by Gasteiger charge is 2.26. The van der Waals surface area contributed by atoms with Crippen molar-refractivity contribution in [2.75, 3.05) is 19.5 Å². The lowest BCUT2D eigenvalue weighted by atomic mass is 10.2. The predicted molar refractivity (Wildman–Crippen MR) is 96.8 cm³/mol. The van der Waals surface area contributed by atoms with Gasteiger partial charge in [0.15, 0.2) is 0 Å². The Bertz CT molecular complexity index is 918. The van der Waals surface area contributed by atoms with Crippen molar-refractivity contribution < 1.29 is 31.5 Å². The molecule has 2 aromatic carbocycles. The number of sulfone groups is 1. The highest BCUT2D eigenvalue weighted by Crippen LogP contribution is 2.23. The smallest absolute Gasteiger partial charge is 0.341 e. The Kier molecular flexibility index (Phi) is 6.51. The van der Waals surface area contributed by atoms with Crippen molar-refractivity contribution in [3.8, 4) is 11.5 Å². The predicted octanol–water partition coefficient (Wildman–Crippen LogP) is 3.35. The molecule has 1 N–H and O–H groups in total. The number of rotatable bonds is 7. The summed E-state index contributed by atoms with van der Waals surface area (Å²) >= 11 is 0. The Balaban J connectivity index is 2.09. The summed E-state index contributed by atoms with van der Waals surface area (Å²) in [4.78, 5) is 11.5. The van der Waals surface area contributed by atoms with E-state index in [9.17, 15) is 22.0 Å². The van der Waals surface area contributed by atoms with E-state index in [1.165, 1.54) is 38.5 Å². The van der Waals surface area contributed by atoms with Gasteiger partial charge in [0.2, 0.25) is 15.7 Å². The van der Waals surface area contributed by atoms with E-state index in [2.05, 4.69) is 5.32 Å². The average molecular weight is 397 g/mol. The first-order valence-corrected chi connectivity index (χ1v) is 9.15. The maximum atomic E-state index is 12.5. The minimum atomic E-state index is -4.67. The normalized spacial score (nSPS) is 11.6. The number of alkyl halides is 2. The summed E-state index contributed by atoms with van der Waals surface area (Å²) in [6, 6.07) is 9.58. The van der Waals surface area contributed by atoms with E-state index in [0.29, 0.717) is 17.1 Å². The van der Waals surface area contributed by atoms with Crippen LogP contribution in [0.1, 0.15) is 5.56 Å². The van der Waals surface area contributed by atoms with Crippen LogP contribution in [0.5, 0.6) is 11.5 Å². The zero-order valence-electron chi connectivity index (χ0n) is 14.5. The maximum absolute atomic E-state index is 12.5. The zero-order valence-corrected chi connectivity index (χ0v) is 15.3. The van der Waals surface area contributed by atoms with Gasteiger partial charge >= 0.3 is 5.76 Å². The number of hydrogen-bond acceptors (Lipinski definition) is 5. The molecule has 2 rings (SSSR count). The molecule has 0 unspecified atom stereocenters. The molecule has 0 fully saturated rings. The number of carbonyl (C=O) groups excluding carboxylic acids is 1. The Hall–Kier alpha value is -2.94. The van der Waals surface area contributed by atoms with Gasteiger partial charge in [0.1, 0.15) is 11.5 Å². The largest absolute Gasteiger partial charge is 0.497 e. The van der Waals surface area contributed by atoms with E-state index in [1.807, 2.05) is 0 Å². The van der Waals surface area contributed by atoms with Gasteiger partial charge in [0.05, 0.1) is 19.1 Å². The number of nitrogens with one attached hydrogen (secondary N) is 1. The number of amides is 1. The van der Waals surface area contributed by atoms with Gasteiger partial charge in [-0.3, -0.25) is 4.79 Å². The second-order valence-electron chi connectivity index (χ2n) is 5.30. The standard InChI is InChI=1S/C18H17F2NO5S/c1-25-14-9-12(10-15(11-14)26-2)3-8-17(22)21-13-4-6-16(7-5-13)27(23,24)18(19)20/h3-11,18H,1-2H3,(H,21,22)/b8-3+. The van der Waals surface area contributed by atoms with Crippen molar-refractivity contribution >= 4 is 27.5 Å². The molecule has 9 heteroatoms. The van der Waals surface area contributed by atoms with Crippen LogP contribution in [0.25, 0.3) is 6.08 Å². The van der Waals surface area contributed by atoms with Crippen LogP contribution in [0, 0.1) is 0 Å². The quantitative estimate of drug-likeness (QED) is 0.725. The Morgan fingerprint density at radius 1 is 1.04 bits per heavy atom. The fourth-order valence-corrected chi connectivity index (χ4v) is 2.83. The number of halogens is 2. The molecule has 6 nitrogen and oxygen atoms in total. The van der Waals surface area contributed by atoms with Crippen LogP contribution in [-0.4, -0.2) is 34.3 Å². The topological polar surface area (TPSA) is 81.7 Å². The number of ether oxygens (including phenoxy) is 2. The van der Waals surface area contributed by atoms with Gasteiger partial charge in [-0.15, -0.1) is 0 Å².